The number of rotatable bonds is 11. The van der Waals surface area contributed by atoms with Crippen LogP contribution in [0.5, 0.6) is 5.75 Å². The normalized spacial score (nSPS) is 14.4. The highest BCUT2D eigenvalue weighted by molar-refractivity contribution is 7.92. The summed E-state index contributed by atoms with van der Waals surface area (Å²) in [4.78, 5) is 23.2. The molecular weight excluding hydrogens is 667 g/mol. The minimum Gasteiger partial charge on any atom is -0.492 e. The second-order valence-corrected chi connectivity index (χ2v) is 15.7. The smallest absolute Gasteiger partial charge is 0.255 e. The summed E-state index contributed by atoms with van der Waals surface area (Å²) in [5.41, 5.74) is 11.5. The summed E-state index contributed by atoms with van der Waals surface area (Å²) in [6, 6.07) is 19.1. The van der Waals surface area contributed by atoms with Crippen molar-refractivity contribution in [3.8, 4) is 5.75 Å². The van der Waals surface area contributed by atoms with Crippen LogP contribution in [0.3, 0.4) is 0 Å². The molecule has 1 aliphatic heterocycles. The van der Waals surface area contributed by atoms with Gasteiger partial charge in [-0.05, 0) is 53.3 Å². The van der Waals surface area contributed by atoms with Crippen molar-refractivity contribution >= 4 is 44.6 Å². The largest absolute Gasteiger partial charge is 0.492 e. The number of aryl methyl sites for hydroxylation is 2. The van der Waals surface area contributed by atoms with E-state index in [1.807, 2.05) is 51.6 Å². The number of carbonyl (C=O) groups excluding carboxylic acids is 1. The monoisotopic (exact) mass is 715 g/mol. The fourth-order valence-corrected chi connectivity index (χ4v) is 6.55. The summed E-state index contributed by atoms with van der Waals surface area (Å²) >= 11 is 0. The SMILES string of the molecule is COc1c(NC(=O)c2ccc(C)c(N(N)/C=C(\N)c3cn(C)c(N4CCN(Cc5ccccc5)CC4)n3)c2)cc(C(C)(C)C)cc1NS(C)(=O)=O. The molecule has 1 aliphatic rings. The first-order valence-electron chi connectivity index (χ1n) is 16.7. The predicted octanol–water partition coefficient (Wildman–Crippen LogP) is 4.62. The van der Waals surface area contributed by atoms with E-state index >= 15 is 0 Å². The van der Waals surface area contributed by atoms with E-state index in [1.165, 1.54) is 17.7 Å². The number of amides is 1. The number of nitrogens with zero attached hydrogens (tertiary/aromatic N) is 5. The zero-order chi connectivity index (χ0) is 37.1. The van der Waals surface area contributed by atoms with Crippen LogP contribution in [0.2, 0.25) is 0 Å². The number of hydrazine groups is 1. The number of sulfonamides is 1. The molecule has 51 heavy (non-hydrogen) atoms. The second-order valence-electron chi connectivity index (χ2n) is 14.0. The lowest BCUT2D eigenvalue weighted by molar-refractivity contribution is 0.102. The summed E-state index contributed by atoms with van der Waals surface area (Å²) < 4.78 is 34.3. The van der Waals surface area contributed by atoms with Crippen molar-refractivity contribution in [2.75, 3.05) is 59.5 Å². The number of aromatic nitrogens is 2. The number of benzene rings is 3. The fraction of sp³-hybridized carbons (Fsp3) is 0.351. The average Bonchev–Trinajstić information content (AvgIpc) is 3.46. The van der Waals surface area contributed by atoms with Crippen molar-refractivity contribution in [1.29, 1.82) is 0 Å². The molecule has 1 fully saturated rings. The van der Waals surface area contributed by atoms with Gasteiger partial charge in [0, 0.05) is 57.7 Å². The van der Waals surface area contributed by atoms with Crippen LogP contribution in [-0.4, -0.2) is 68.3 Å². The summed E-state index contributed by atoms with van der Waals surface area (Å²) in [7, 11) is -0.257. The highest BCUT2D eigenvalue weighted by Crippen LogP contribution is 2.39. The maximum Gasteiger partial charge on any atom is 0.255 e. The quantitative estimate of drug-likeness (QED) is 0.127. The van der Waals surface area contributed by atoms with Crippen LogP contribution in [0, 0.1) is 6.92 Å². The van der Waals surface area contributed by atoms with Gasteiger partial charge in [-0.3, -0.25) is 19.4 Å². The number of nitrogens with two attached hydrogens (primary N) is 2. The van der Waals surface area contributed by atoms with Crippen LogP contribution >= 0.6 is 0 Å². The van der Waals surface area contributed by atoms with Gasteiger partial charge in [-0.15, -0.1) is 0 Å². The zero-order valence-corrected chi connectivity index (χ0v) is 31.2. The van der Waals surface area contributed by atoms with Gasteiger partial charge in [0.1, 0.15) is 5.69 Å². The van der Waals surface area contributed by atoms with Crippen LogP contribution in [0.15, 0.2) is 73.1 Å². The van der Waals surface area contributed by atoms with Crippen molar-refractivity contribution in [1.82, 2.24) is 14.5 Å². The third kappa shape index (κ3) is 9.20. The molecule has 14 heteroatoms. The molecule has 6 N–H and O–H groups in total. The van der Waals surface area contributed by atoms with Gasteiger partial charge in [0.15, 0.2) is 5.75 Å². The Hall–Kier alpha value is -5.05. The van der Waals surface area contributed by atoms with Gasteiger partial charge >= 0.3 is 0 Å². The van der Waals surface area contributed by atoms with E-state index in [-0.39, 0.29) is 16.9 Å². The molecule has 1 saturated heterocycles. The Morgan fingerprint density at radius 2 is 1.71 bits per heavy atom. The Bertz CT molecular complexity index is 2010. The van der Waals surface area contributed by atoms with E-state index in [4.69, 9.17) is 21.3 Å². The maximum atomic E-state index is 13.6. The number of hydrogen-bond donors (Lipinski definition) is 4. The van der Waals surface area contributed by atoms with Gasteiger partial charge in [-0.25, -0.2) is 19.2 Å². The molecule has 1 amide bonds. The first-order valence-corrected chi connectivity index (χ1v) is 18.6. The fourth-order valence-electron chi connectivity index (χ4n) is 6.00. The standard InChI is InChI=1S/C37H49N9O4S/c1-25-13-14-27(35(47)40-30-20-28(37(2,3)4)21-31(34(30)50-6)42-51(7,48)49)19-33(25)46(39)23-29(38)32-24-43(5)36(41-32)45-17-15-44(16-18-45)22-26-11-9-8-10-12-26/h8-14,19-21,23-24,42H,15-18,22,38-39H2,1-7H3,(H,40,47)/b29-23-. The number of nitrogens with one attached hydrogen (secondary N) is 2. The van der Waals surface area contributed by atoms with Crippen LogP contribution in [0.25, 0.3) is 5.70 Å². The maximum absolute atomic E-state index is 13.6. The highest BCUT2D eigenvalue weighted by atomic mass is 32.2. The summed E-state index contributed by atoms with van der Waals surface area (Å²) in [5.74, 6) is 7.11. The molecule has 0 atom stereocenters. The Kier molecular flexibility index (Phi) is 11.0. The van der Waals surface area contributed by atoms with E-state index in [0.29, 0.717) is 28.3 Å². The molecule has 0 bridgehead atoms. The lowest BCUT2D eigenvalue weighted by atomic mass is 9.86. The lowest BCUT2D eigenvalue weighted by Gasteiger charge is -2.35. The Labute approximate surface area is 300 Å². The molecule has 0 saturated carbocycles. The van der Waals surface area contributed by atoms with E-state index in [0.717, 1.165) is 56.1 Å². The van der Waals surface area contributed by atoms with Crippen molar-refractivity contribution < 1.29 is 17.9 Å². The molecule has 272 valence electrons. The minimum atomic E-state index is -3.63. The van der Waals surface area contributed by atoms with Crippen molar-refractivity contribution in [3.63, 3.8) is 0 Å². The summed E-state index contributed by atoms with van der Waals surface area (Å²) in [5, 5.41) is 4.29. The molecule has 3 aromatic carbocycles. The number of hydrogen-bond acceptors (Lipinski definition) is 10. The third-order valence-electron chi connectivity index (χ3n) is 8.78. The number of carbonyl (C=O) groups is 1. The third-order valence-corrected chi connectivity index (χ3v) is 9.37. The molecule has 0 unspecified atom stereocenters. The Morgan fingerprint density at radius 1 is 1.04 bits per heavy atom. The van der Waals surface area contributed by atoms with Gasteiger partial charge in [-0.1, -0.05) is 57.2 Å². The number of anilines is 4. The highest BCUT2D eigenvalue weighted by Gasteiger charge is 2.24. The predicted molar refractivity (Wildman–Crippen MR) is 205 cm³/mol. The molecule has 0 spiro atoms. The van der Waals surface area contributed by atoms with E-state index in [1.54, 1.807) is 36.5 Å². The Balaban J connectivity index is 1.32. The first kappa shape index (κ1) is 37.2. The summed E-state index contributed by atoms with van der Waals surface area (Å²) in [6.07, 6.45) is 4.53. The average molecular weight is 716 g/mol. The van der Waals surface area contributed by atoms with Gasteiger partial charge in [0.2, 0.25) is 16.0 Å². The first-order chi connectivity index (χ1) is 24.0. The number of imidazole rings is 1. The molecule has 2 heterocycles. The van der Waals surface area contributed by atoms with E-state index in [9.17, 15) is 13.2 Å². The van der Waals surface area contributed by atoms with E-state index < -0.39 is 15.9 Å². The second kappa shape index (κ2) is 15.1. The molecular formula is C37H49N9O4S. The zero-order valence-electron chi connectivity index (χ0n) is 30.4. The number of methoxy groups -OCH3 is 1. The van der Waals surface area contributed by atoms with Crippen molar-refractivity contribution in [2.45, 2.75) is 39.7 Å². The number of piperazine rings is 1. The van der Waals surface area contributed by atoms with Gasteiger partial charge in [0.05, 0.1) is 36.1 Å². The molecule has 0 aliphatic carbocycles. The molecule has 13 nitrogen and oxygen atoms in total. The summed E-state index contributed by atoms with van der Waals surface area (Å²) in [6.45, 7) is 12.3. The van der Waals surface area contributed by atoms with Crippen molar-refractivity contribution in [3.05, 3.63) is 101 Å². The van der Waals surface area contributed by atoms with Crippen LogP contribution in [-0.2, 0) is 29.0 Å². The van der Waals surface area contributed by atoms with Crippen molar-refractivity contribution in [2.24, 2.45) is 18.6 Å². The molecule has 0 radical (unpaired) electrons. The van der Waals surface area contributed by atoms with Gasteiger partial charge in [0.25, 0.3) is 5.91 Å². The lowest BCUT2D eigenvalue weighted by Crippen LogP contribution is -2.46. The van der Waals surface area contributed by atoms with Gasteiger partial charge < -0.3 is 25.3 Å². The Morgan fingerprint density at radius 3 is 2.33 bits per heavy atom. The van der Waals surface area contributed by atoms with Crippen LogP contribution in [0.1, 0.15) is 53.5 Å². The molecule has 1 aromatic heterocycles. The minimum absolute atomic E-state index is 0.189. The van der Waals surface area contributed by atoms with E-state index in [2.05, 4.69) is 44.1 Å². The molecule has 5 rings (SSSR count). The number of ether oxygens (including phenoxy) is 1. The molecule has 4 aromatic rings. The van der Waals surface area contributed by atoms with Crippen LogP contribution in [0.4, 0.5) is 23.0 Å². The van der Waals surface area contributed by atoms with Gasteiger partial charge in [-0.2, -0.15) is 0 Å². The van der Waals surface area contributed by atoms with Crippen LogP contribution < -0.4 is 36.3 Å². The topological polar surface area (TPSA) is 164 Å².